The molecule has 0 aromatic heterocycles. The molecule has 0 spiro atoms. The van der Waals surface area contributed by atoms with Crippen LogP contribution in [0.25, 0.3) is 0 Å². The molecule has 8 heteroatoms. The average molecular weight is 458 g/mol. The van der Waals surface area contributed by atoms with Gasteiger partial charge in [0, 0.05) is 26.1 Å². The number of nitrogens with zero attached hydrogens (tertiary/aromatic N) is 2. The van der Waals surface area contributed by atoms with Gasteiger partial charge in [-0.05, 0) is 43.5 Å². The topological polar surface area (TPSA) is 86.8 Å². The van der Waals surface area contributed by atoms with Crippen molar-refractivity contribution in [2.75, 3.05) is 35.5 Å². The highest BCUT2D eigenvalue weighted by Crippen LogP contribution is 2.21. The maximum atomic E-state index is 13.0. The lowest BCUT2D eigenvalue weighted by molar-refractivity contribution is -0.116. The standard InChI is InChI=1S/C24H31N3O4S/c1-32(30,31)27(20-12-5-4-6-13-20)19-11-16-23(28)25-22-15-8-7-14-21(22)24(29)26-17-9-2-3-10-18-26/h4-8,12-15H,2-3,9-11,16-19H2,1H3,(H,25,28). The molecule has 0 unspecified atom stereocenters. The average Bonchev–Trinajstić information content (AvgIpc) is 3.06. The molecule has 32 heavy (non-hydrogen) atoms. The van der Waals surface area contributed by atoms with Gasteiger partial charge in [-0.25, -0.2) is 8.42 Å². The molecule has 1 N–H and O–H groups in total. The highest BCUT2D eigenvalue weighted by atomic mass is 32.2. The Hall–Kier alpha value is -2.87. The molecule has 0 aliphatic carbocycles. The number of sulfonamides is 1. The van der Waals surface area contributed by atoms with Gasteiger partial charge in [0.2, 0.25) is 15.9 Å². The van der Waals surface area contributed by atoms with E-state index < -0.39 is 10.0 Å². The van der Waals surface area contributed by atoms with Crippen LogP contribution >= 0.6 is 0 Å². The summed E-state index contributed by atoms with van der Waals surface area (Å²) in [6.45, 7) is 1.68. The van der Waals surface area contributed by atoms with Gasteiger partial charge in [0.05, 0.1) is 23.2 Å². The van der Waals surface area contributed by atoms with Crippen LogP contribution in [0.2, 0.25) is 0 Å². The number of carbonyl (C=O) groups excluding carboxylic acids is 2. The van der Waals surface area contributed by atoms with Gasteiger partial charge in [0.25, 0.3) is 5.91 Å². The Morgan fingerprint density at radius 3 is 2.22 bits per heavy atom. The number of rotatable bonds is 8. The van der Waals surface area contributed by atoms with Gasteiger partial charge in [-0.2, -0.15) is 0 Å². The predicted molar refractivity (Wildman–Crippen MR) is 127 cm³/mol. The van der Waals surface area contributed by atoms with E-state index in [1.165, 1.54) is 4.31 Å². The molecule has 3 rings (SSSR count). The lowest BCUT2D eigenvalue weighted by Crippen LogP contribution is -2.33. The van der Waals surface area contributed by atoms with Crippen LogP contribution in [-0.4, -0.2) is 51.0 Å². The second-order valence-corrected chi connectivity index (χ2v) is 9.98. The summed E-state index contributed by atoms with van der Waals surface area (Å²) < 4.78 is 25.7. The minimum Gasteiger partial charge on any atom is -0.339 e. The van der Waals surface area contributed by atoms with E-state index in [1.807, 2.05) is 11.0 Å². The predicted octanol–water partition coefficient (Wildman–Crippen LogP) is 3.89. The van der Waals surface area contributed by atoms with E-state index in [0.29, 0.717) is 23.4 Å². The summed E-state index contributed by atoms with van der Waals surface area (Å²) in [5.41, 5.74) is 1.56. The molecule has 1 aliphatic rings. The van der Waals surface area contributed by atoms with Crippen molar-refractivity contribution in [3.05, 3.63) is 60.2 Å². The first-order valence-corrected chi connectivity index (χ1v) is 12.9. The fourth-order valence-electron chi connectivity index (χ4n) is 3.90. The Labute approximate surface area is 190 Å². The van der Waals surface area contributed by atoms with Crippen LogP contribution in [-0.2, 0) is 14.8 Å². The molecule has 0 atom stereocenters. The monoisotopic (exact) mass is 457 g/mol. The number of carbonyl (C=O) groups is 2. The first kappa shape index (κ1) is 23.8. The smallest absolute Gasteiger partial charge is 0.255 e. The van der Waals surface area contributed by atoms with Gasteiger partial charge in [0.1, 0.15) is 0 Å². The molecule has 1 saturated heterocycles. The third-order valence-electron chi connectivity index (χ3n) is 5.53. The molecule has 7 nitrogen and oxygen atoms in total. The molecule has 2 aromatic carbocycles. The van der Waals surface area contributed by atoms with Crippen molar-refractivity contribution in [3.63, 3.8) is 0 Å². The summed E-state index contributed by atoms with van der Waals surface area (Å²) in [4.78, 5) is 27.5. The van der Waals surface area contributed by atoms with Crippen LogP contribution in [0, 0.1) is 0 Å². The zero-order chi connectivity index (χ0) is 23.0. The van der Waals surface area contributed by atoms with E-state index in [0.717, 1.165) is 45.0 Å². The number of para-hydroxylation sites is 2. The summed E-state index contributed by atoms with van der Waals surface area (Å²) >= 11 is 0. The van der Waals surface area contributed by atoms with Gasteiger partial charge in [-0.1, -0.05) is 43.2 Å². The molecule has 1 heterocycles. The van der Waals surface area contributed by atoms with Crippen LogP contribution in [0.1, 0.15) is 48.9 Å². The van der Waals surface area contributed by atoms with E-state index in [2.05, 4.69) is 5.32 Å². The number of nitrogens with one attached hydrogen (secondary N) is 1. The van der Waals surface area contributed by atoms with Gasteiger partial charge in [0.15, 0.2) is 0 Å². The Morgan fingerprint density at radius 2 is 1.56 bits per heavy atom. The first-order chi connectivity index (χ1) is 15.4. The molecule has 2 amide bonds. The lowest BCUT2D eigenvalue weighted by atomic mass is 10.1. The van der Waals surface area contributed by atoms with E-state index >= 15 is 0 Å². The minimum absolute atomic E-state index is 0.0601. The quantitative estimate of drug-likeness (QED) is 0.652. The summed E-state index contributed by atoms with van der Waals surface area (Å²) in [5.74, 6) is -0.308. The Morgan fingerprint density at radius 1 is 0.938 bits per heavy atom. The van der Waals surface area contributed by atoms with Crippen LogP contribution in [0.15, 0.2) is 54.6 Å². The van der Waals surface area contributed by atoms with Gasteiger partial charge >= 0.3 is 0 Å². The zero-order valence-electron chi connectivity index (χ0n) is 18.5. The van der Waals surface area contributed by atoms with E-state index in [9.17, 15) is 18.0 Å². The molecule has 172 valence electrons. The molecule has 1 fully saturated rings. The SMILES string of the molecule is CS(=O)(=O)N(CCCC(=O)Nc1ccccc1C(=O)N1CCCCCC1)c1ccccc1. The van der Waals surface area contributed by atoms with Crippen molar-refractivity contribution in [2.45, 2.75) is 38.5 Å². The first-order valence-electron chi connectivity index (χ1n) is 11.1. The fourth-order valence-corrected chi connectivity index (χ4v) is 4.86. The molecular weight excluding hydrogens is 426 g/mol. The second-order valence-electron chi connectivity index (χ2n) is 8.07. The molecule has 0 saturated carbocycles. The molecule has 0 radical (unpaired) electrons. The van der Waals surface area contributed by atoms with Crippen molar-refractivity contribution in [1.29, 1.82) is 0 Å². The van der Waals surface area contributed by atoms with Crippen molar-refractivity contribution in [1.82, 2.24) is 4.90 Å². The molecule has 1 aliphatic heterocycles. The van der Waals surface area contributed by atoms with Crippen LogP contribution < -0.4 is 9.62 Å². The Bertz CT molecular complexity index is 1020. The largest absolute Gasteiger partial charge is 0.339 e. The fraction of sp³-hybridized carbons (Fsp3) is 0.417. The maximum absolute atomic E-state index is 13.0. The van der Waals surface area contributed by atoms with Crippen LogP contribution in [0.4, 0.5) is 11.4 Å². The Balaban J connectivity index is 1.61. The molecule has 2 aromatic rings. The second kappa shape index (κ2) is 11.1. The third-order valence-corrected chi connectivity index (χ3v) is 6.73. The zero-order valence-corrected chi connectivity index (χ0v) is 19.3. The summed E-state index contributed by atoms with van der Waals surface area (Å²) in [5, 5.41) is 2.84. The van der Waals surface area contributed by atoms with Gasteiger partial charge in [-0.3, -0.25) is 13.9 Å². The van der Waals surface area contributed by atoms with Crippen LogP contribution in [0.3, 0.4) is 0 Å². The van der Waals surface area contributed by atoms with Crippen LogP contribution in [0.5, 0.6) is 0 Å². The summed E-state index contributed by atoms with van der Waals surface area (Å²) in [6, 6.07) is 15.9. The highest BCUT2D eigenvalue weighted by Gasteiger charge is 2.21. The van der Waals surface area contributed by atoms with Crippen molar-refractivity contribution in [2.24, 2.45) is 0 Å². The normalized spacial score (nSPS) is 14.5. The van der Waals surface area contributed by atoms with Gasteiger partial charge < -0.3 is 10.2 Å². The van der Waals surface area contributed by atoms with E-state index in [-0.39, 0.29) is 24.8 Å². The summed E-state index contributed by atoms with van der Waals surface area (Å²) in [6.07, 6.45) is 5.92. The third kappa shape index (κ3) is 6.56. The van der Waals surface area contributed by atoms with E-state index in [4.69, 9.17) is 0 Å². The number of hydrogen-bond donors (Lipinski definition) is 1. The van der Waals surface area contributed by atoms with E-state index in [1.54, 1.807) is 48.5 Å². The summed E-state index contributed by atoms with van der Waals surface area (Å²) in [7, 11) is -3.46. The number of amides is 2. The number of benzene rings is 2. The molecular formula is C24H31N3O4S. The highest BCUT2D eigenvalue weighted by molar-refractivity contribution is 7.92. The number of likely N-dealkylation sites (tertiary alicyclic amines) is 1. The van der Waals surface area contributed by atoms with Gasteiger partial charge in [-0.15, -0.1) is 0 Å². The maximum Gasteiger partial charge on any atom is 0.255 e. The number of hydrogen-bond acceptors (Lipinski definition) is 4. The molecule has 0 bridgehead atoms. The number of anilines is 2. The van der Waals surface area contributed by atoms with Crippen molar-refractivity contribution < 1.29 is 18.0 Å². The van der Waals surface area contributed by atoms with Crippen molar-refractivity contribution >= 4 is 33.2 Å². The van der Waals surface area contributed by atoms with Crippen molar-refractivity contribution in [3.8, 4) is 0 Å². The lowest BCUT2D eigenvalue weighted by Gasteiger charge is -2.23. The minimum atomic E-state index is -3.46. The Kier molecular flexibility index (Phi) is 8.27.